The summed E-state index contributed by atoms with van der Waals surface area (Å²) in [4.78, 5) is 26.1. The van der Waals surface area contributed by atoms with E-state index in [0.29, 0.717) is 19.0 Å². The molecule has 7 heteroatoms. The zero-order valence-corrected chi connectivity index (χ0v) is 13.7. The van der Waals surface area contributed by atoms with Crippen LogP contribution in [0.5, 0.6) is 5.75 Å². The number of carbonyl (C=O) groups is 2. The Morgan fingerprint density at radius 2 is 2.08 bits per heavy atom. The quantitative estimate of drug-likeness (QED) is 0.878. The van der Waals surface area contributed by atoms with Crippen LogP contribution in [0.25, 0.3) is 0 Å². The average molecular weight is 334 g/mol. The first kappa shape index (κ1) is 16.6. The second-order valence-corrected chi connectivity index (χ2v) is 5.93. The first-order valence-corrected chi connectivity index (χ1v) is 8.12. The highest BCUT2D eigenvalue weighted by Gasteiger charge is 2.39. The van der Waals surface area contributed by atoms with Crippen LogP contribution in [0.4, 0.5) is 4.79 Å². The van der Waals surface area contributed by atoms with Crippen molar-refractivity contribution >= 4 is 12.0 Å². The smallest absolute Gasteiger partial charge is 0.410 e. The third kappa shape index (κ3) is 3.62. The first-order chi connectivity index (χ1) is 11.7. The fourth-order valence-electron chi connectivity index (χ4n) is 3.00. The third-order valence-corrected chi connectivity index (χ3v) is 4.38. The minimum atomic E-state index is -0.620. The number of amides is 2. The van der Waals surface area contributed by atoms with Crippen LogP contribution in [-0.2, 0) is 20.8 Å². The Bertz CT molecular complexity index is 600. The number of ether oxygens (including phenoxy) is 3. The van der Waals surface area contributed by atoms with E-state index in [2.05, 4.69) is 5.32 Å². The molecule has 2 amide bonds. The van der Waals surface area contributed by atoms with Crippen LogP contribution in [0.3, 0.4) is 0 Å². The molecule has 0 aromatic heterocycles. The number of nitrogens with one attached hydrogen (secondary N) is 1. The van der Waals surface area contributed by atoms with Crippen LogP contribution < -0.4 is 10.1 Å². The van der Waals surface area contributed by atoms with Gasteiger partial charge in [0.25, 0.3) is 0 Å². The first-order valence-electron chi connectivity index (χ1n) is 8.12. The zero-order chi connectivity index (χ0) is 16.9. The Labute approximate surface area is 140 Å². The largest absolute Gasteiger partial charge is 0.496 e. The Balaban J connectivity index is 1.68. The lowest BCUT2D eigenvalue weighted by Crippen LogP contribution is -2.49. The molecule has 1 atom stereocenters. The highest BCUT2D eigenvalue weighted by atomic mass is 16.6. The molecule has 2 aliphatic heterocycles. The van der Waals surface area contributed by atoms with E-state index in [-0.39, 0.29) is 25.1 Å². The number of hydrogen-bond donors (Lipinski definition) is 1. The number of rotatable bonds is 5. The van der Waals surface area contributed by atoms with E-state index in [9.17, 15) is 9.59 Å². The van der Waals surface area contributed by atoms with Crippen molar-refractivity contribution in [2.75, 3.05) is 26.9 Å². The minimum Gasteiger partial charge on any atom is -0.496 e. The maximum absolute atomic E-state index is 12.6. The highest BCUT2D eigenvalue weighted by molar-refractivity contribution is 5.88. The van der Waals surface area contributed by atoms with Crippen LogP contribution >= 0.6 is 0 Å². The predicted octanol–water partition coefficient (Wildman–Crippen LogP) is 1.31. The third-order valence-electron chi connectivity index (χ3n) is 4.38. The van der Waals surface area contributed by atoms with Gasteiger partial charge in [-0.25, -0.2) is 4.79 Å². The Morgan fingerprint density at radius 3 is 2.83 bits per heavy atom. The molecule has 1 aromatic rings. The molecule has 3 rings (SSSR count). The summed E-state index contributed by atoms with van der Waals surface area (Å²) in [6.45, 7) is 1.64. The lowest BCUT2D eigenvalue weighted by molar-refractivity contribution is -0.126. The number of methoxy groups -OCH3 is 1. The standard InChI is InChI=1S/C17H22N2O5/c1-22-15-5-3-2-4-12(15)10-19-14(11-24-17(19)21)16(20)18-13-6-8-23-9-7-13/h2-5,13-14H,6-11H2,1H3,(H,18,20)/t14-/m0/s1. The SMILES string of the molecule is COc1ccccc1CN1C(=O)OC[C@H]1C(=O)NC1CCOCC1. The minimum absolute atomic E-state index is 0.0725. The molecule has 2 aliphatic rings. The van der Waals surface area contributed by atoms with Gasteiger partial charge in [0.2, 0.25) is 5.91 Å². The van der Waals surface area contributed by atoms with Crippen LogP contribution in [-0.4, -0.2) is 55.9 Å². The number of carbonyl (C=O) groups excluding carboxylic acids is 2. The van der Waals surface area contributed by atoms with E-state index in [1.165, 1.54) is 4.90 Å². The summed E-state index contributed by atoms with van der Waals surface area (Å²) in [6.07, 6.45) is 1.10. The monoisotopic (exact) mass is 334 g/mol. The lowest BCUT2D eigenvalue weighted by atomic mass is 10.1. The molecule has 2 saturated heterocycles. The Hall–Kier alpha value is -2.28. The lowest BCUT2D eigenvalue weighted by Gasteiger charge is -2.27. The van der Waals surface area contributed by atoms with Gasteiger partial charge in [-0.05, 0) is 18.9 Å². The molecule has 0 radical (unpaired) electrons. The predicted molar refractivity (Wildman–Crippen MR) is 85.7 cm³/mol. The fourth-order valence-corrected chi connectivity index (χ4v) is 3.00. The van der Waals surface area contributed by atoms with E-state index in [0.717, 1.165) is 18.4 Å². The summed E-state index contributed by atoms with van der Waals surface area (Å²) in [5, 5.41) is 3.00. The van der Waals surface area contributed by atoms with E-state index in [4.69, 9.17) is 14.2 Å². The van der Waals surface area contributed by atoms with E-state index >= 15 is 0 Å². The van der Waals surface area contributed by atoms with Crippen LogP contribution in [0.2, 0.25) is 0 Å². The van der Waals surface area contributed by atoms with Gasteiger partial charge in [-0.15, -0.1) is 0 Å². The van der Waals surface area contributed by atoms with Gasteiger partial charge in [-0.2, -0.15) is 0 Å². The van der Waals surface area contributed by atoms with Gasteiger partial charge in [0.05, 0.1) is 13.7 Å². The van der Waals surface area contributed by atoms with Crippen molar-refractivity contribution < 1.29 is 23.8 Å². The van der Waals surface area contributed by atoms with E-state index in [1.54, 1.807) is 7.11 Å². The van der Waals surface area contributed by atoms with Gasteiger partial charge in [0.1, 0.15) is 18.4 Å². The molecule has 0 unspecified atom stereocenters. The topological polar surface area (TPSA) is 77.1 Å². The molecule has 0 bridgehead atoms. The van der Waals surface area contributed by atoms with Crippen LogP contribution in [0.15, 0.2) is 24.3 Å². The normalized spacial score (nSPS) is 21.5. The van der Waals surface area contributed by atoms with Crippen molar-refractivity contribution in [3.05, 3.63) is 29.8 Å². The van der Waals surface area contributed by atoms with Crippen LogP contribution in [0, 0.1) is 0 Å². The molecule has 0 spiro atoms. The fraction of sp³-hybridized carbons (Fsp3) is 0.529. The number of hydrogen-bond acceptors (Lipinski definition) is 5. The number of para-hydroxylation sites is 1. The summed E-state index contributed by atoms with van der Waals surface area (Å²) in [5.41, 5.74) is 0.836. The molecule has 2 heterocycles. The maximum atomic E-state index is 12.6. The summed E-state index contributed by atoms with van der Waals surface area (Å²) in [7, 11) is 1.58. The number of cyclic esters (lactones) is 1. The summed E-state index contributed by atoms with van der Waals surface area (Å²) in [5.74, 6) is 0.503. The number of benzene rings is 1. The Kier molecular flexibility index (Phi) is 5.20. The van der Waals surface area contributed by atoms with Crippen molar-refractivity contribution in [1.29, 1.82) is 0 Å². The molecule has 130 valence electrons. The van der Waals surface area contributed by atoms with Crippen molar-refractivity contribution in [3.8, 4) is 5.75 Å². The van der Waals surface area contributed by atoms with Gasteiger partial charge in [0, 0.05) is 24.8 Å². The molecule has 1 aromatic carbocycles. The number of nitrogens with zero attached hydrogens (tertiary/aromatic N) is 1. The van der Waals surface area contributed by atoms with E-state index < -0.39 is 12.1 Å². The molecular weight excluding hydrogens is 312 g/mol. The second-order valence-electron chi connectivity index (χ2n) is 5.93. The molecular formula is C17H22N2O5. The molecule has 24 heavy (non-hydrogen) atoms. The molecule has 0 aliphatic carbocycles. The zero-order valence-electron chi connectivity index (χ0n) is 13.7. The van der Waals surface area contributed by atoms with Gasteiger partial charge >= 0.3 is 6.09 Å². The van der Waals surface area contributed by atoms with E-state index in [1.807, 2.05) is 24.3 Å². The maximum Gasteiger partial charge on any atom is 0.410 e. The summed E-state index contributed by atoms with van der Waals surface area (Å²) < 4.78 is 15.7. The van der Waals surface area contributed by atoms with Crippen molar-refractivity contribution in [2.24, 2.45) is 0 Å². The van der Waals surface area contributed by atoms with Crippen molar-refractivity contribution in [1.82, 2.24) is 10.2 Å². The van der Waals surface area contributed by atoms with Gasteiger partial charge in [-0.1, -0.05) is 18.2 Å². The van der Waals surface area contributed by atoms with Gasteiger partial charge < -0.3 is 19.5 Å². The summed E-state index contributed by atoms with van der Waals surface area (Å²) in [6, 6.07) is 6.91. The van der Waals surface area contributed by atoms with Crippen LogP contribution in [0.1, 0.15) is 18.4 Å². The Morgan fingerprint density at radius 1 is 1.33 bits per heavy atom. The van der Waals surface area contributed by atoms with Gasteiger partial charge in [-0.3, -0.25) is 9.69 Å². The van der Waals surface area contributed by atoms with Gasteiger partial charge in [0.15, 0.2) is 0 Å². The highest BCUT2D eigenvalue weighted by Crippen LogP contribution is 2.23. The molecule has 0 saturated carbocycles. The summed E-state index contributed by atoms with van der Waals surface area (Å²) >= 11 is 0. The molecule has 2 fully saturated rings. The molecule has 7 nitrogen and oxygen atoms in total. The molecule has 1 N–H and O–H groups in total. The van der Waals surface area contributed by atoms with Crippen molar-refractivity contribution in [2.45, 2.75) is 31.5 Å². The second kappa shape index (κ2) is 7.53. The average Bonchev–Trinajstić information content (AvgIpc) is 2.97. The van der Waals surface area contributed by atoms with Crippen molar-refractivity contribution in [3.63, 3.8) is 0 Å².